The summed E-state index contributed by atoms with van der Waals surface area (Å²) < 4.78 is 5.19. The fraction of sp³-hybridized carbons (Fsp3) is 0.125. The van der Waals surface area contributed by atoms with E-state index >= 15 is 0 Å². The van der Waals surface area contributed by atoms with E-state index in [0.29, 0.717) is 16.9 Å². The number of rotatable bonds is 5. The average molecular weight is 283 g/mol. The maximum Gasteiger partial charge on any atom is 0.150 e. The van der Waals surface area contributed by atoms with E-state index < -0.39 is 0 Å². The predicted molar refractivity (Wildman–Crippen MR) is 79.1 cm³/mol. The molecule has 0 saturated heterocycles. The lowest BCUT2D eigenvalue weighted by Crippen LogP contribution is -1.90. The zero-order chi connectivity index (χ0) is 14.4. The molecule has 2 aromatic carbocycles. The maximum absolute atomic E-state index is 10.7. The van der Waals surface area contributed by atoms with E-state index in [4.69, 9.17) is 10.00 Å². The molecule has 0 bridgehead atoms. The van der Waals surface area contributed by atoms with Crippen molar-refractivity contribution in [3.63, 3.8) is 0 Å². The number of carbonyl (C=O) groups is 1. The average Bonchev–Trinajstić information content (AvgIpc) is 2.52. The number of hydrogen-bond acceptors (Lipinski definition) is 4. The molecule has 4 heteroatoms. The van der Waals surface area contributed by atoms with Crippen LogP contribution in [0.15, 0.2) is 47.4 Å². The molecule has 3 nitrogen and oxygen atoms in total. The third-order valence-corrected chi connectivity index (χ3v) is 3.85. The van der Waals surface area contributed by atoms with Crippen LogP contribution >= 0.6 is 11.8 Å². The zero-order valence-electron chi connectivity index (χ0n) is 11.0. The van der Waals surface area contributed by atoms with Crippen LogP contribution in [-0.4, -0.2) is 13.4 Å². The Bertz CT molecular complexity index is 662. The Kier molecular flexibility index (Phi) is 4.80. The largest absolute Gasteiger partial charge is 0.495 e. The van der Waals surface area contributed by atoms with Crippen LogP contribution in [0.5, 0.6) is 5.75 Å². The molecule has 0 saturated carbocycles. The molecule has 0 aliphatic rings. The SMILES string of the molecule is COc1cc(CSc2cccc(C=O)c2)ccc1C#N. The van der Waals surface area contributed by atoms with Gasteiger partial charge >= 0.3 is 0 Å². The molecule has 2 aromatic rings. The molecule has 0 amide bonds. The summed E-state index contributed by atoms with van der Waals surface area (Å²) in [5.41, 5.74) is 2.28. The molecule has 0 atom stereocenters. The molecule has 0 radical (unpaired) electrons. The van der Waals surface area contributed by atoms with Gasteiger partial charge in [0.1, 0.15) is 18.1 Å². The smallest absolute Gasteiger partial charge is 0.150 e. The first kappa shape index (κ1) is 14.2. The molecule has 0 unspecified atom stereocenters. The number of nitriles is 1. The van der Waals surface area contributed by atoms with Crippen molar-refractivity contribution < 1.29 is 9.53 Å². The lowest BCUT2D eigenvalue weighted by atomic mass is 10.1. The van der Waals surface area contributed by atoms with Crippen LogP contribution in [0.2, 0.25) is 0 Å². The van der Waals surface area contributed by atoms with Crippen LogP contribution in [0.25, 0.3) is 0 Å². The third kappa shape index (κ3) is 3.40. The standard InChI is InChI=1S/C16H13NO2S/c1-19-16-8-13(5-6-14(16)9-17)11-20-15-4-2-3-12(7-15)10-18/h2-8,10H,11H2,1H3. The van der Waals surface area contributed by atoms with Crippen LogP contribution in [0.3, 0.4) is 0 Å². The zero-order valence-corrected chi connectivity index (χ0v) is 11.8. The Hall–Kier alpha value is -2.25. The minimum Gasteiger partial charge on any atom is -0.495 e. The van der Waals surface area contributed by atoms with E-state index in [1.807, 2.05) is 30.3 Å². The number of aldehydes is 1. The number of thioether (sulfide) groups is 1. The summed E-state index contributed by atoms with van der Waals surface area (Å²) in [5, 5.41) is 8.94. The Labute approximate surface area is 122 Å². The highest BCUT2D eigenvalue weighted by atomic mass is 32.2. The number of hydrogen-bond donors (Lipinski definition) is 0. The van der Waals surface area contributed by atoms with Crippen LogP contribution < -0.4 is 4.74 Å². The highest BCUT2D eigenvalue weighted by Crippen LogP contribution is 2.26. The second-order valence-corrected chi connectivity index (χ2v) is 5.17. The van der Waals surface area contributed by atoms with Crippen molar-refractivity contribution in [2.24, 2.45) is 0 Å². The molecule has 100 valence electrons. The van der Waals surface area contributed by atoms with E-state index in [1.54, 1.807) is 31.0 Å². The summed E-state index contributed by atoms with van der Waals surface area (Å²) >= 11 is 1.64. The highest BCUT2D eigenvalue weighted by molar-refractivity contribution is 7.98. The van der Waals surface area contributed by atoms with E-state index in [-0.39, 0.29) is 0 Å². The van der Waals surface area contributed by atoms with Crippen molar-refractivity contribution in [3.8, 4) is 11.8 Å². The van der Waals surface area contributed by atoms with Gasteiger partial charge in [-0.05, 0) is 29.8 Å². The van der Waals surface area contributed by atoms with Gasteiger partial charge in [0.05, 0.1) is 12.7 Å². The van der Waals surface area contributed by atoms with Crippen molar-refractivity contribution in [2.45, 2.75) is 10.6 Å². The highest BCUT2D eigenvalue weighted by Gasteiger charge is 2.04. The van der Waals surface area contributed by atoms with Gasteiger partial charge in [-0.25, -0.2) is 0 Å². The Morgan fingerprint density at radius 3 is 2.85 bits per heavy atom. The van der Waals surface area contributed by atoms with Crippen molar-refractivity contribution in [1.82, 2.24) is 0 Å². The van der Waals surface area contributed by atoms with E-state index in [0.717, 1.165) is 22.5 Å². The van der Waals surface area contributed by atoms with Crippen molar-refractivity contribution in [1.29, 1.82) is 5.26 Å². The Balaban J connectivity index is 2.11. The van der Waals surface area contributed by atoms with Gasteiger partial charge in [-0.3, -0.25) is 4.79 Å². The van der Waals surface area contributed by atoms with Gasteiger partial charge in [-0.1, -0.05) is 18.2 Å². The molecule has 0 aliphatic carbocycles. The van der Waals surface area contributed by atoms with Crippen LogP contribution in [-0.2, 0) is 5.75 Å². The lowest BCUT2D eigenvalue weighted by molar-refractivity contribution is 0.112. The summed E-state index contributed by atoms with van der Waals surface area (Å²) in [4.78, 5) is 11.8. The molecule has 2 rings (SSSR count). The summed E-state index contributed by atoms with van der Waals surface area (Å²) in [7, 11) is 1.56. The van der Waals surface area contributed by atoms with Gasteiger partial charge in [0.2, 0.25) is 0 Å². The molecular formula is C16H13NO2S. The van der Waals surface area contributed by atoms with Gasteiger partial charge in [0.25, 0.3) is 0 Å². The van der Waals surface area contributed by atoms with Crippen LogP contribution in [0, 0.1) is 11.3 Å². The summed E-state index contributed by atoms with van der Waals surface area (Å²) in [5.74, 6) is 1.34. The van der Waals surface area contributed by atoms with Gasteiger partial charge < -0.3 is 4.74 Å². The molecule has 0 fully saturated rings. The molecule has 0 heterocycles. The normalized spacial score (nSPS) is 9.80. The number of nitrogens with zero attached hydrogens (tertiary/aromatic N) is 1. The monoisotopic (exact) mass is 283 g/mol. The molecule has 0 aliphatic heterocycles. The van der Waals surface area contributed by atoms with E-state index in [9.17, 15) is 4.79 Å². The Morgan fingerprint density at radius 2 is 2.15 bits per heavy atom. The quantitative estimate of drug-likeness (QED) is 0.620. The molecule has 0 aromatic heterocycles. The lowest BCUT2D eigenvalue weighted by Gasteiger charge is -2.06. The Morgan fingerprint density at radius 1 is 1.30 bits per heavy atom. The van der Waals surface area contributed by atoms with Crippen LogP contribution in [0.4, 0.5) is 0 Å². The van der Waals surface area contributed by atoms with Crippen LogP contribution in [0.1, 0.15) is 21.5 Å². The van der Waals surface area contributed by atoms with E-state index in [2.05, 4.69) is 6.07 Å². The van der Waals surface area contributed by atoms with Gasteiger partial charge in [-0.15, -0.1) is 11.8 Å². The molecule has 20 heavy (non-hydrogen) atoms. The van der Waals surface area contributed by atoms with Gasteiger partial charge in [0.15, 0.2) is 0 Å². The second-order valence-electron chi connectivity index (χ2n) is 4.13. The van der Waals surface area contributed by atoms with Gasteiger partial charge in [-0.2, -0.15) is 5.26 Å². The first-order valence-corrected chi connectivity index (χ1v) is 7.00. The van der Waals surface area contributed by atoms with Gasteiger partial charge in [0, 0.05) is 16.2 Å². The second kappa shape index (κ2) is 6.78. The fourth-order valence-electron chi connectivity index (χ4n) is 1.76. The minimum absolute atomic E-state index is 0.532. The maximum atomic E-state index is 10.7. The summed E-state index contributed by atoms with van der Waals surface area (Å²) in [6.45, 7) is 0. The number of carbonyl (C=O) groups excluding carboxylic acids is 1. The predicted octanol–water partition coefficient (Wildman–Crippen LogP) is 3.67. The number of ether oxygens (including phenoxy) is 1. The topological polar surface area (TPSA) is 50.1 Å². The first-order valence-electron chi connectivity index (χ1n) is 6.02. The molecular weight excluding hydrogens is 270 g/mol. The fourth-order valence-corrected chi connectivity index (χ4v) is 2.67. The number of benzene rings is 2. The number of methoxy groups -OCH3 is 1. The first-order chi connectivity index (χ1) is 9.76. The molecule has 0 spiro atoms. The van der Waals surface area contributed by atoms with Crippen molar-refractivity contribution in [2.75, 3.05) is 7.11 Å². The third-order valence-electron chi connectivity index (χ3n) is 2.79. The van der Waals surface area contributed by atoms with E-state index in [1.165, 1.54) is 0 Å². The molecule has 0 N–H and O–H groups in total. The summed E-state index contributed by atoms with van der Waals surface area (Å²) in [6.07, 6.45) is 0.842. The minimum atomic E-state index is 0.532. The van der Waals surface area contributed by atoms with Crippen molar-refractivity contribution in [3.05, 3.63) is 59.2 Å². The summed E-state index contributed by atoms with van der Waals surface area (Å²) in [6, 6.07) is 15.1. The van der Waals surface area contributed by atoms with Crippen molar-refractivity contribution >= 4 is 18.0 Å².